The third-order valence-corrected chi connectivity index (χ3v) is 6.68. The molecule has 0 bridgehead atoms. The van der Waals surface area contributed by atoms with E-state index in [9.17, 15) is 8.42 Å². The van der Waals surface area contributed by atoms with Gasteiger partial charge in [-0.25, -0.2) is 8.42 Å². The minimum Gasteiger partial charge on any atom is -0.355 e. The van der Waals surface area contributed by atoms with Crippen LogP contribution in [0.1, 0.15) is 26.5 Å². The molecule has 0 atom stereocenters. The third kappa shape index (κ3) is 5.53. The van der Waals surface area contributed by atoms with Crippen molar-refractivity contribution in [3.05, 3.63) is 22.4 Å². The van der Waals surface area contributed by atoms with Crippen LogP contribution in [-0.2, 0) is 23.4 Å². The van der Waals surface area contributed by atoms with E-state index in [0.717, 1.165) is 10.2 Å². The maximum absolute atomic E-state index is 12.1. The number of nitrogens with zero attached hydrogens (tertiary/aromatic N) is 3. The number of sulfone groups is 1. The summed E-state index contributed by atoms with van der Waals surface area (Å²) < 4.78 is 26.6. The van der Waals surface area contributed by atoms with Gasteiger partial charge >= 0.3 is 0 Å². The molecular weight excluding hydrogens is 380 g/mol. The van der Waals surface area contributed by atoms with Crippen molar-refractivity contribution in [3.8, 4) is 0 Å². The Morgan fingerprint density at radius 1 is 1.43 bits per heavy atom. The molecule has 1 aromatic heterocycles. The van der Waals surface area contributed by atoms with E-state index in [2.05, 4.69) is 26.2 Å². The van der Waals surface area contributed by atoms with Crippen molar-refractivity contribution < 1.29 is 8.42 Å². The van der Waals surface area contributed by atoms with Crippen molar-refractivity contribution in [3.63, 3.8) is 0 Å². The molecule has 0 aliphatic carbocycles. The summed E-state index contributed by atoms with van der Waals surface area (Å²) in [5.74, 6) is 0.755. The predicted molar refractivity (Wildman–Crippen MR) is 99.5 cm³/mol. The van der Waals surface area contributed by atoms with Gasteiger partial charge in [0.1, 0.15) is 0 Å². The zero-order valence-electron chi connectivity index (χ0n) is 14.7. The first-order valence-electron chi connectivity index (χ1n) is 7.43. The molecule has 0 fully saturated rings. The first kappa shape index (κ1) is 20.0. The van der Waals surface area contributed by atoms with Crippen LogP contribution in [0.3, 0.4) is 0 Å². The van der Waals surface area contributed by atoms with Gasteiger partial charge in [0, 0.05) is 44.1 Å². The van der Waals surface area contributed by atoms with Crippen molar-refractivity contribution >= 4 is 31.7 Å². The van der Waals surface area contributed by atoms with Gasteiger partial charge in [-0.3, -0.25) is 4.99 Å². The van der Waals surface area contributed by atoms with Gasteiger partial charge in [0.2, 0.25) is 0 Å². The van der Waals surface area contributed by atoms with Crippen molar-refractivity contribution in [2.75, 3.05) is 26.4 Å². The molecule has 1 rings (SSSR count). The van der Waals surface area contributed by atoms with Gasteiger partial charge in [0.25, 0.3) is 0 Å². The lowest BCUT2D eigenvalue weighted by atomic mass is 10.3. The minimum absolute atomic E-state index is 0.0824. The average Bonchev–Trinajstić information content (AvgIpc) is 2.71. The summed E-state index contributed by atoms with van der Waals surface area (Å²) in [5, 5.41) is 3.12. The fourth-order valence-corrected chi connectivity index (χ4v) is 3.58. The number of guanidine groups is 1. The summed E-state index contributed by atoms with van der Waals surface area (Å²) in [6, 6.07) is 2.05. The number of nitrogens with one attached hydrogen (secondary N) is 1. The van der Waals surface area contributed by atoms with Gasteiger partial charge in [-0.1, -0.05) is 0 Å². The summed E-state index contributed by atoms with van der Waals surface area (Å²) in [6.45, 7) is 6.17. The van der Waals surface area contributed by atoms with Crippen LogP contribution in [0.5, 0.6) is 0 Å². The molecule has 1 heterocycles. The fraction of sp³-hybridized carbons (Fsp3) is 0.667. The second-order valence-corrected chi connectivity index (χ2v) is 10.3. The minimum atomic E-state index is -3.14. The van der Waals surface area contributed by atoms with Gasteiger partial charge in [-0.15, -0.1) is 0 Å². The van der Waals surface area contributed by atoms with E-state index in [1.807, 2.05) is 35.8 Å². The summed E-state index contributed by atoms with van der Waals surface area (Å²) in [7, 11) is 2.47. The molecule has 0 unspecified atom stereocenters. The van der Waals surface area contributed by atoms with E-state index in [0.29, 0.717) is 19.0 Å². The highest BCUT2D eigenvalue weighted by Crippen LogP contribution is 2.16. The summed E-state index contributed by atoms with van der Waals surface area (Å²) in [4.78, 5) is 6.18. The molecule has 6 nitrogen and oxygen atoms in total. The molecule has 0 saturated heterocycles. The lowest BCUT2D eigenvalue weighted by Gasteiger charge is -2.24. The SMILES string of the molecule is CN=C(NCCS(=O)(=O)C(C)(C)C)N(C)Cc1cc(Br)cn1C. The Morgan fingerprint density at radius 2 is 2.04 bits per heavy atom. The van der Waals surface area contributed by atoms with Crippen molar-refractivity contribution in [1.82, 2.24) is 14.8 Å². The zero-order chi connectivity index (χ0) is 17.8. The molecule has 0 aromatic carbocycles. The molecule has 0 saturated carbocycles. The lowest BCUT2D eigenvalue weighted by molar-refractivity contribution is 0.463. The average molecular weight is 407 g/mol. The van der Waals surface area contributed by atoms with E-state index in [-0.39, 0.29) is 5.75 Å². The normalized spacial score (nSPS) is 13.3. The fourth-order valence-electron chi connectivity index (χ4n) is 2.03. The maximum atomic E-state index is 12.1. The molecule has 8 heteroatoms. The Hall–Kier alpha value is -1.02. The molecule has 23 heavy (non-hydrogen) atoms. The standard InChI is InChI=1S/C15H27BrN4O2S/c1-15(2,3)23(21,22)8-7-18-14(17-4)20(6)11-13-9-12(16)10-19(13)5/h9-10H,7-8,11H2,1-6H3,(H,17,18). The van der Waals surface area contributed by atoms with Crippen LogP contribution in [0.25, 0.3) is 0 Å². The second kappa shape index (κ2) is 7.70. The largest absolute Gasteiger partial charge is 0.355 e. The summed E-state index contributed by atoms with van der Waals surface area (Å²) in [6.07, 6.45) is 2.00. The van der Waals surface area contributed by atoms with Gasteiger partial charge in [0.05, 0.1) is 17.0 Å². The molecule has 0 aliphatic rings. The van der Waals surface area contributed by atoms with E-state index >= 15 is 0 Å². The Balaban J connectivity index is 2.63. The van der Waals surface area contributed by atoms with Crippen molar-refractivity contribution in [1.29, 1.82) is 0 Å². The Labute approximate surface area is 148 Å². The van der Waals surface area contributed by atoms with Crippen molar-refractivity contribution in [2.24, 2.45) is 12.0 Å². The number of rotatable bonds is 5. The second-order valence-electron chi connectivity index (χ2n) is 6.52. The molecule has 0 radical (unpaired) electrons. The van der Waals surface area contributed by atoms with E-state index in [1.165, 1.54) is 0 Å². The summed E-state index contributed by atoms with van der Waals surface area (Å²) >= 11 is 3.46. The van der Waals surface area contributed by atoms with Gasteiger partial charge in [-0.05, 0) is 42.8 Å². The first-order chi connectivity index (χ1) is 10.5. The Morgan fingerprint density at radius 3 is 2.48 bits per heavy atom. The zero-order valence-corrected chi connectivity index (χ0v) is 17.1. The lowest BCUT2D eigenvalue weighted by Crippen LogP contribution is -2.42. The monoisotopic (exact) mass is 406 g/mol. The van der Waals surface area contributed by atoms with Gasteiger partial charge in [0.15, 0.2) is 15.8 Å². The number of aliphatic imine (C=N–C) groups is 1. The quantitative estimate of drug-likeness (QED) is 0.599. The van der Waals surface area contributed by atoms with E-state index in [1.54, 1.807) is 27.8 Å². The topological polar surface area (TPSA) is 66.7 Å². The number of aryl methyl sites for hydroxylation is 1. The number of aromatic nitrogens is 1. The smallest absolute Gasteiger partial charge is 0.193 e. The maximum Gasteiger partial charge on any atom is 0.193 e. The molecule has 0 aliphatic heterocycles. The first-order valence-corrected chi connectivity index (χ1v) is 9.87. The highest BCUT2D eigenvalue weighted by Gasteiger charge is 2.28. The number of hydrogen-bond acceptors (Lipinski definition) is 3. The summed E-state index contributed by atoms with van der Waals surface area (Å²) in [5.41, 5.74) is 1.13. The molecule has 0 spiro atoms. The van der Waals surface area contributed by atoms with Crippen LogP contribution in [0.2, 0.25) is 0 Å². The van der Waals surface area contributed by atoms with Crippen LogP contribution < -0.4 is 5.32 Å². The molecule has 132 valence electrons. The highest BCUT2D eigenvalue weighted by atomic mass is 79.9. The van der Waals surface area contributed by atoms with E-state index in [4.69, 9.17) is 0 Å². The molecular formula is C15H27BrN4O2S. The van der Waals surface area contributed by atoms with Crippen LogP contribution in [0.4, 0.5) is 0 Å². The Bertz CT molecular complexity index is 660. The van der Waals surface area contributed by atoms with Gasteiger partial charge in [-0.2, -0.15) is 0 Å². The third-order valence-electron chi connectivity index (χ3n) is 3.63. The van der Waals surface area contributed by atoms with Crippen LogP contribution in [0.15, 0.2) is 21.7 Å². The predicted octanol–water partition coefficient (Wildman–Crippen LogP) is 2.01. The van der Waals surface area contributed by atoms with Crippen LogP contribution in [-0.4, -0.2) is 55.0 Å². The van der Waals surface area contributed by atoms with Crippen molar-refractivity contribution in [2.45, 2.75) is 32.1 Å². The highest BCUT2D eigenvalue weighted by molar-refractivity contribution is 9.10. The molecule has 0 amide bonds. The molecule has 1 N–H and O–H groups in total. The number of hydrogen-bond donors (Lipinski definition) is 1. The Kier molecular flexibility index (Phi) is 6.70. The number of halogens is 1. The van der Waals surface area contributed by atoms with Crippen LogP contribution >= 0.6 is 15.9 Å². The van der Waals surface area contributed by atoms with E-state index < -0.39 is 14.6 Å². The van der Waals surface area contributed by atoms with Crippen LogP contribution in [0, 0.1) is 0 Å². The molecule has 1 aromatic rings. The van der Waals surface area contributed by atoms with Gasteiger partial charge < -0.3 is 14.8 Å².